The molecule has 2 aromatic carbocycles. The lowest BCUT2D eigenvalue weighted by molar-refractivity contribution is -0.130. The number of sulfonamides is 1. The van der Waals surface area contributed by atoms with Gasteiger partial charge in [-0.3, -0.25) is 4.79 Å². The molecule has 0 bridgehead atoms. The van der Waals surface area contributed by atoms with Crippen LogP contribution >= 0.6 is 0 Å². The number of amides is 1. The molecular formula is C25H33N5O3S. The zero-order valence-electron chi connectivity index (χ0n) is 19.9. The third-order valence-corrected chi connectivity index (χ3v) is 7.32. The fraction of sp³-hybridized carbons (Fsp3) is 0.440. The maximum atomic E-state index is 13.0. The van der Waals surface area contributed by atoms with Crippen molar-refractivity contribution in [3.8, 4) is 0 Å². The van der Waals surface area contributed by atoms with Gasteiger partial charge in [0.25, 0.3) is 0 Å². The second-order valence-electron chi connectivity index (χ2n) is 8.95. The highest BCUT2D eigenvalue weighted by molar-refractivity contribution is 7.89. The zero-order valence-corrected chi connectivity index (χ0v) is 20.7. The van der Waals surface area contributed by atoms with Gasteiger partial charge in [0.15, 0.2) is 0 Å². The summed E-state index contributed by atoms with van der Waals surface area (Å²) in [5.74, 6) is 0.833. The molecule has 0 saturated carbocycles. The van der Waals surface area contributed by atoms with Crippen LogP contribution in [0.1, 0.15) is 44.0 Å². The van der Waals surface area contributed by atoms with E-state index in [-0.39, 0.29) is 10.8 Å². The molecule has 1 aromatic heterocycles. The Morgan fingerprint density at radius 1 is 1.15 bits per heavy atom. The van der Waals surface area contributed by atoms with Crippen LogP contribution in [0.15, 0.2) is 47.4 Å². The molecule has 0 atom stereocenters. The number of nitrogens with two attached hydrogens (primary N) is 1. The number of aromatic nitrogens is 2. The number of aryl methyl sites for hydroxylation is 2. The summed E-state index contributed by atoms with van der Waals surface area (Å²) in [7, 11) is -1.96. The molecule has 0 spiro atoms. The number of primary sulfonamides is 1. The number of rotatable bonds is 9. The highest BCUT2D eigenvalue weighted by Gasteiger charge is 2.19. The maximum absolute atomic E-state index is 13.0. The lowest BCUT2D eigenvalue weighted by atomic mass is 10.1. The van der Waals surface area contributed by atoms with E-state index in [1.54, 1.807) is 11.0 Å². The summed E-state index contributed by atoms with van der Waals surface area (Å²) in [6.07, 6.45) is 4.13. The standard InChI is InChI=1S/C25H33N5O3S/c1-3-14-30-23-11-10-20(34(26,32)33)17-21(23)27-24(30)12-13-25(31)28(2)18-19-8-4-5-9-22(19)29-15-6-7-16-29/h4-5,8-11,17H,3,6-7,12-16,18H2,1-2H3,(H2,26,32,33). The van der Waals surface area contributed by atoms with Crippen LogP contribution in [0.2, 0.25) is 0 Å². The number of carbonyl (C=O) groups is 1. The van der Waals surface area contributed by atoms with Crippen molar-refractivity contribution < 1.29 is 13.2 Å². The van der Waals surface area contributed by atoms with E-state index in [9.17, 15) is 13.2 Å². The Morgan fingerprint density at radius 2 is 1.88 bits per heavy atom. The first kappa shape index (κ1) is 24.2. The third-order valence-electron chi connectivity index (χ3n) is 6.41. The fourth-order valence-electron chi connectivity index (χ4n) is 4.66. The van der Waals surface area contributed by atoms with Crippen LogP contribution in [0.5, 0.6) is 0 Å². The molecular weight excluding hydrogens is 450 g/mol. The number of hydrogen-bond donors (Lipinski definition) is 1. The van der Waals surface area contributed by atoms with E-state index < -0.39 is 10.0 Å². The molecule has 0 radical (unpaired) electrons. The number of para-hydroxylation sites is 1. The van der Waals surface area contributed by atoms with Crippen LogP contribution in [-0.4, -0.2) is 48.9 Å². The highest BCUT2D eigenvalue weighted by Crippen LogP contribution is 2.26. The Hall–Kier alpha value is -2.91. The van der Waals surface area contributed by atoms with Crippen LogP contribution in [0.25, 0.3) is 11.0 Å². The number of anilines is 1. The molecule has 8 nitrogen and oxygen atoms in total. The molecule has 1 aliphatic heterocycles. The van der Waals surface area contributed by atoms with E-state index in [0.29, 0.717) is 24.9 Å². The van der Waals surface area contributed by atoms with Crippen molar-refractivity contribution in [2.24, 2.45) is 5.14 Å². The number of carbonyl (C=O) groups excluding carboxylic acids is 1. The predicted molar refractivity (Wildman–Crippen MR) is 134 cm³/mol. The van der Waals surface area contributed by atoms with Gasteiger partial charge in [0, 0.05) is 51.8 Å². The van der Waals surface area contributed by atoms with E-state index in [2.05, 4.69) is 39.6 Å². The van der Waals surface area contributed by atoms with Gasteiger partial charge in [0.05, 0.1) is 15.9 Å². The minimum atomic E-state index is -3.80. The second kappa shape index (κ2) is 10.1. The first-order valence-electron chi connectivity index (χ1n) is 11.9. The van der Waals surface area contributed by atoms with E-state index in [1.165, 1.54) is 30.7 Å². The molecule has 0 aliphatic carbocycles. The number of nitrogens with zero attached hydrogens (tertiary/aromatic N) is 4. The Balaban J connectivity index is 1.48. The van der Waals surface area contributed by atoms with Crippen molar-refractivity contribution in [1.29, 1.82) is 0 Å². The summed E-state index contributed by atoms with van der Waals surface area (Å²) >= 11 is 0. The van der Waals surface area contributed by atoms with Crippen molar-refractivity contribution in [1.82, 2.24) is 14.5 Å². The molecule has 9 heteroatoms. The van der Waals surface area contributed by atoms with Crippen LogP contribution < -0.4 is 10.0 Å². The Bertz CT molecular complexity index is 1280. The van der Waals surface area contributed by atoms with Gasteiger partial charge in [-0.25, -0.2) is 18.5 Å². The third kappa shape index (κ3) is 5.26. The van der Waals surface area contributed by atoms with Gasteiger partial charge in [0.2, 0.25) is 15.9 Å². The van der Waals surface area contributed by atoms with Gasteiger partial charge in [0.1, 0.15) is 5.82 Å². The summed E-state index contributed by atoms with van der Waals surface area (Å²) in [4.78, 5) is 21.9. The lowest BCUT2D eigenvalue weighted by Crippen LogP contribution is -2.28. The van der Waals surface area contributed by atoms with Crippen molar-refractivity contribution in [2.75, 3.05) is 25.0 Å². The Kier molecular flexibility index (Phi) is 7.23. The molecule has 4 rings (SSSR count). The molecule has 3 aromatic rings. The van der Waals surface area contributed by atoms with Gasteiger partial charge in [-0.1, -0.05) is 25.1 Å². The first-order valence-corrected chi connectivity index (χ1v) is 13.4. The zero-order chi connectivity index (χ0) is 24.3. The number of hydrogen-bond acceptors (Lipinski definition) is 5. The lowest BCUT2D eigenvalue weighted by Gasteiger charge is -2.24. The monoisotopic (exact) mass is 483 g/mol. The fourth-order valence-corrected chi connectivity index (χ4v) is 5.20. The minimum Gasteiger partial charge on any atom is -0.371 e. The topological polar surface area (TPSA) is 102 Å². The molecule has 0 unspecified atom stereocenters. The number of imidazole rings is 1. The van der Waals surface area contributed by atoms with Gasteiger partial charge in [-0.2, -0.15) is 0 Å². The van der Waals surface area contributed by atoms with Crippen LogP contribution in [-0.2, 0) is 34.3 Å². The largest absolute Gasteiger partial charge is 0.371 e. The average Bonchev–Trinajstić information content (AvgIpc) is 3.45. The van der Waals surface area contributed by atoms with Crippen LogP contribution in [0.4, 0.5) is 5.69 Å². The molecule has 1 amide bonds. The van der Waals surface area contributed by atoms with Gasteiger partial charge < -0.3 is 14.4 Å². The van der Waals surface area contributed by atoms with E-state index in [1.807, 2.05) is 13.1 Å². The second-order valence-corrected chi connectivity index (χ2v) is 10.5. The van der Waals surface area contributed by atoms with E-state index >= 15 is 0 Å². The summed E-state index contributed by atoms with van der Waals surface area (Å²) < 4.78 is 25.5. The predicted octanol–water partition coefficient (Wildman–Crippen LogP) is 3.29. The molecule has 2 N–H and O–H groups in total. The summed E-state index contributed by atoms with van der Waals surface area (Å²) in [6, 6.07) is 13.1. The quantitative estimate of drug-likeness (QED) is 0.503. The molecule has 1 fully saturated rings. The van der Waals surface area contributed by atoms with E-state index in [0.717, 1.165) is 43.0 Å². The van der Waals surface area contributed by atoms with E-state index in [4.69, 9.17) is 5.14 Å². The van der Waals surface area contributed by atoms with Crippen molar-refractivity contribution in [2.45, 2.75) is 57.0 Å². The normalized spacial score (nSPS) is 14.1. The highest BCUT2D eigenvalue weighted by atomic mass is 32.2. The SMILES string of the molecule is CCCn1c(CCC(=O)N(C)Cc2ccccc2N2CCCC2)nc2cc(S(N)(=O)=O)ccc21. The summed E-state index contributed by atoms with van der Waals surface area (Å²) in [5, 5.41) is 5.28. The molecule has 182 valence electrons. The number of fused-ring (bicyclic) bond motifs is 1. The summed E-state index contributed by atoms with van der Waals surface area (Å²) in [6.45, 7) is 5.51. The Morgan fingerprint density at radius 3 is 2.59 bits per heavy atom. The molecule has 2 heterocycles. The van der Waals surface area contributed by atoms with Crippen molar-refractivity contribution in [3.63, 3.8) is 0 Å². The van der Waals surface area contributed by atoms with Crippen molar-refractivity contribution >= 4 is 32.7 Å². The van der Waals surface area contributed by atoms with Gasteiger partial charge in [-0.15, -0.1) is 0 Å². The van der Waals surface area contributed by atoms with Gasteiger partial charge >= 0.3 is 0 Å². The average molecular weight is 484 g/mol. The molecule has 34 heavy (non-hydrogen) atoms. The molecule has 1 saturated heterocycles. The van der Waals surface area contributed by atoms with Gasteiger partial charge in [-0.05, 0) is 49.1 Å². The maximum Gasteiger partial charge on any atom is 0.238 e. The summed E-state index contributed by atoms with van der Waals surface area (Å²) in [5.41, 5.74) is 3.81. The number of benzene rings is 2. The van der Waals surface area contributed by atoms with Crippen LogP contribution in [0.3, 0.4) is 0 Å². The minimum absolute atomic E-state index is 0.0418. The van der Waals surface area contributed by atoms with Crippen molar-refractivity contribution in [3.05, 3.63) is 53.9 Å². The molecule has 1 aliphatic rings. The Labute approximate surface area is 201 Å². The van der Waals surface area contributed by atoms with Crippen LogP contribution in [0, 0.1) is 0 Å². The first-order chi connectivity index (χ1) is 16.3. The smallest absolute Gasteiger partial charge is 0.238 e.